The Hall–Kier alpha value is -2.44. The molecule has 4 N–H and O–H groups in total. The number of aromatic nitrogens is 2. The number of hydrogen-bond acceptors (Lipinski definition) is 3. The largest absolute Gasteiger partial charge is 0.396 e. The zero-order chi connectivity index (χ0) is 14.0. The SMILES string of the molecule is CCc1cn[nH]c1NC(=O)c1cc(F)cc(N)c1F. The molecule has 0 fully saturated rings. The molecule has 2 aromatic rings. The van der Waals surface area contributed by atoms with Crippen LogP contribution in [0.1, 0.15) is 22.8 Å². The number of carbonyl (C=O) groups is 1. The first kappa shape index (κ1) is 13.0. The van der Waals surface area contributed by atoms with Gasteiger partial charge in [-0.05, 0) is 18.6 Å². The fraction of sp³-hybridized carbons (Fsp3) is 0.167. The summed E-state index contributed by atoms with van der Waals surface area (Å²) in [5, 5.41) is 8.78. The molecule has 7 heteroatoms. The minimum atomic E-state index is -0.948. The van der Waals surface area contributed by atoms with Crippen LogP contribution < -0.4 is 11.1 Å². The maximum atomic E-state index is 13.7. The summed E-state index contributed by atoms with van der Waals surface area (Å²) < 4.78 is 26.8. The second-order valence-electron chi connectivity index (χ2n) is 3.93. The highest BCUT2D eigenvalue weighted by Gasteiger charge is 2.17. The van der Waals surface area contributed by atoms with E-state index in [9.17, 15) is 13.6 Å². The van der Waals surface area contributed by atoms with Crippen molar-refractivity contribution >= 4 is 17.4 Å². The molecule has 0 bridgehead atoms. The lowest BCUT2D eigenvalue weighted by molar-refractivity contribution is 0.102. The first-order valence-corrected chi connectivity index (χ1v) is 5.61. The Morgan fingerprint density at radius 1 is 1.47 bits per heavy atom. The van der Waals surface area contributed by atoms with Crippen molar-refractivity contribution < 1.29 is 13.6 Å². The maximum Gasteiger partial charge on any atom is 0.259 e. The number of rotatable bonds is 3. The van der Waals surface area contributed by atoms with Gasteiger partial charge in [-0.15, -0.1) is 0 Å². The summed E-state index contributed by atoms with van der Waals surface area (Å²) in [5.74, 6) is -2.15. The zero-order valence-electron chi connectivity index (χ0n) is 10.1. The van der Waals surface area contributed by atoms with Gasteiger partial charge < -0.3 is 11.1 Å². The van der Waals surface area contributed by atoms with Gasteiger partial charge in [-0.3, -0.25) is 9.89 Å². The summed E-state index contributed by atoms with van der Waals surface area (Å²) in [4.78, 5) is 11.9. The van der Waals surface area contributed by atoms with Gasteiger partial charge in [0.15, 0.2) is 5.82 Å². The van der Waals surface area contributed by atoms with E-state index in [1.165, 1.54) is 0 Å². The highest BCUT2D eigenvalue weighted by molar-refractivity contribution is 6.04. The molecule has 1 aromatic carbocycles. The fourth-order valence-corrected chi connectivity index (χ4v) is 1.64. The van der Waals surface area contributed by atoms with Gasteiger partial charge >= 0.3 is 0 Å². The number of amides is 1. The third kappa shape index (κ3) is 2.54. The van der Waals surface area contributed by atoms with E-state index in [0.717, 1.165) is 17.7 Å². The molecule has 0 aliphatic carbocycles. The Labute approximate surface area is 107 Å². The molecule has 1 heterocycles. The van der Waals surface area contributed by atoms with Crippen LogP contribution in [0.4, 0.5) is 20.3 Å². The van der Waals surface area contributed by atoms with E-state index in [-0.39, 0.29) is 0 Å². The standard InChI is InChI=1S/C12H12F2N4O/c1-2-6-5-16-18-11(6)17-12(19)8-3-7(13)4-9(15)10(8)14/h3-5H,2,15H2,1H3,(H2,16,17,18,19). The predicted octanol–water partition coefficient (Wildman–Crippen LogP) is 2.08. The highest BCUT2D eigenvalue weighted by atomic mass is 19.1. The van der Waals surface area contributed by atoms with Crippen LogP contribution in [0.15, 0.2) is 18.3 Å². The Kier molecular flexibility index (Phi) is 3.46. The molecule has 19 heavy (non-hydrogen) atoms. The van der Waals surface area contributed by atoms with Crippen LogP contribution in [0.2, 0.25) is 0 Å². The Morgan fingerprint density at radius 3 is 2.89 bits per heavy atom. The first-order chi connectivity index (χ1) is 9.02. The molecule has 100 valence electrons. The van der Waals surface area contributed by atoms with Gasteiger partial charge in [-0.2, -0.15) is 5.10 Å². The smallest absolute Gasteiger partial charge is 0.259 e. The predicted molar refractivity (Wildman–Crippen MR) is 66.7 cm³/mol. The highest BCUT2D eigenvalue weighted by Crippen LogP contribution is 2.19. The summed E-state index contributed by atoms with van der Waals surface area (Å²) in [5.41, 5.74) is 5.17. The number of H-pyrrole nitrogens is 1. The molecule has 1 amide bonds. The average Bonchev–Trinajstić information content (AvgIpc) is 2.80. The number of carbonyl (C=O) groups excluding carboxylic acids is 1. The van der Waals surface area contributed by atoms with E-state index >= 15 is 0 Å². The number of aromatic amines is 1. The number of halogens is 2. The van der Waals surface area contributed by atoms with Gasteiger partial charge in [0.2, 0.25) is 0 Å². The van der Waals surface area contributed by atoms with Crippen LogP contribution in [0.3, 0.4) is 0 Å². The molecule has 1 aromatic heterocycles. The van der Waals surface area contributed by atoms with Gasteiger partial charge in [-0.25, -0.2) is 8.78 Å². The second kappa shape index (κ2) is 5.05. The number of nitrogens with two attached hydrogens (primary N) is 1. The van der Waals surface area contributed by atoms with Crippen molar-refractivity contribution in [2.45, 2.75) is 13.3 Å². The lowest BCUT2D eigenvalue weighted by Gasteiger charge is -2.07. The van der Waals surface area contributed by atoms with Crippen molar-refractivity contribution in [1.29, 1.82) is 0 Å². The number of aryl methyl sites for hydroxylation is 1. The molecule has 0 saturated heterocycles. The number of nitrogens with zero attached hydrogens (tertiary/aromatic N) is 1. The zero-order valence-corrected chi connectivity index (χ0v) is 10.1. The van der Waals surface area contributed by atoms with E-state index in [2.05, 4.69) is 15.5 Å². The normalized spacial score (nSPS) is 10.5. The third-order valence-corrected chi connectivity index (χ3v) is 2.65. The lowest BCUT2D eigenvalue weighted by atomic mass is 10.1. The van der Waals surface area contributed by atoms with Crippen LogP contribution >= 0.6 is 0 Å². The van der Waals surface area contributed by atoms with Crippen LogP contribution in [0.25, 0.3) is 0 Å². The minimum Gasteiger partial charge on any atom is -0.396 e. The topological polar surface area (TPSA) is 83.8 Å². The van der Waals surface area contributed by atoms with Crippen molar-refractivity contribution in [2.24, 2.45) is 0 Å². The third-order valence-electron chi connectivity index (χ3n) is 2.65. The van der Waals surface area contributed by atoms with Crippen molar-refractivity contribution in [2.75, 3.05) is 11.1 Å². The molecule has 0 unspecified atom stereocenters. The van der Waals surface area contributed by atoms with E-state index in [0.29, 0.717) is 12.2 Å². The lowest BCUT2D eigenvalue weighted by Crippen LogP contribution is -2.16. The summed E-state index contributed by atoms with van der Waals surface area (Å²) >= 11 is 0. The van der Waals surface area contributed by atoms with E-state index < -0.39 is 28.8 Å². The number of nitrogen functional groups attached to an aromatic ring is 1. The Balaban J connectivity index is 2.30. The first-order valence-electron chi connectivity index (χ1n) is 5.61. The summed E-state index contributed by atoms with van der Waals surface area (Å²) in [6.07, 6.45) is 2.19. The number of hydrogen-bond donors (Lipinski definition) is 3. The minimum absolute atomic E-state index is 0.356. The quantitative estimate of drug-likeness (QED) is 0.744. The Bertz CT molecular complexity index is 624. The molecule has 0 aliphatic heterocycles. The van der Waals surface area contributed by atoms with Gasteiger partial charge in [0.25, 0.3) is 5.91 Å². The number of benzene rings is 1. The maximum absolute atomic E-state index is 13.7. The second-order valence-corrected chi connectivity index (χ2v) is 3.93. The van der Waals surface area contributed by atoms with Crippen molar-refractivity contribution in [3.63, 3.8) is 0 Å². The summed E-state index contributed by atoms with van der Waals surface area (Å²) in [6.45, 7) is 1.88. The molecule has 0 aliphatic rings. The molecule has 0 atom stereocenters. The van der Waals surface area contributed by atoms with Crippen molar-refractivity contribution in [1.82, 2.24) is 10.2 Å². The molecule has 0 radical (unpaired) electrons. The Morgan fingerprint density at radius 2 is 2.21 bits per heavy atom. The molecular weight excluding hydrogens is 254 g/mol. The van der Waals surface area contributed by atoms with Crippen LogP contribution in [0, 0.1) is 11.6 Å². The van der Waals surface area contributed by atoms with E-state index in [1.807, 2.05) is 6.92 Å². The summed E-state index contributed by atoms with van der Waals surface area (Å²) in [7, 11) is 0. The van der Waals surface area contributed by atoms with Gasteiger partial charge in [-0.1, -0.05) is 6.92 Å². The molecule has 5 nitrogen and oxygen atoms in total. The monoisotopic (exact) mass is 266 g/mol. The fourth-order valence-electron chi connectivity index (χ4n) is 1.64. The van der Waals surface area contributed by atoms with E-state index in [1.54, 1.807) is 6.20 Å². The van der Waals surface area contributed by atoms with E-state index in [4.69, 9.17) is 5.73 Å². The van der Waals surface area contributed by atoms with Crippen molar-refractivity contribution in [3.05, 3.63) is 41.1 Å². The van der Waals surface area contributed by atoms with Gasteiger partial charge in [0.05, 0.1) is 17.4 Å². The van der Waals surface area contributed by atoms with Crippen molar-refractivity contribution in [3.8, 4) is 0 Å². The number of nitrogens with one attached hydrogen (secondary N) is 2. The number of anilines is 2. The van der Waals surface area contributed by atoms with Crippen LogP contribution in [-0.4, -0.2) is 16.1 Å². The van der Waals surface area contributed by atoms with Crippen LogP contribution in [-0.2, 0) is 6.42 Å². The van der Waals surface area contributed by atoms with Gasteiger partial charge in [0.1, 0.15) is 11.6 Å². The summed E-state index contributed by atoms with van der Waals surface area (Å²) in [6, 6.07) is 1.61. The molecule has 0 saturated carbocycles. The van der Waals surface area contributed by atoms with Crippen LogP contribution in [0.5, 0.6) is 0 Å². The molecule has 0 spiro atoms. The average molecular weight is 266 g/mol. The molecular formula is C12H12F2N4O. The molecule has 2 rings (SSSR count). The van der Waals surface area contributed by atoms with Gasteiger partial charge in [0, 0.05) is 5.56 Å².